The molecule has 0 amide bonds. The Morgan fingerprint density at radius 1 is 1.33 bits per heavy atom. The topological polar surface area (TPSA) is 80.5 Å². The third-order valence-corrected chi connectivity index (χ3v) is 3.62. The van der Waals surface area contributed by atoms with Crippen LogP contribution in [0.2, 0.25) is 0 Å². The van der Waals surface area contributed by atoms with Crippen molar-refractivity contribution in [3.05, 3.63) is 60.2 Å². The van der Waals surface area contributed by atoms with E-state index in [4.69, 9.17) is 5.73 Å². The maximum Gasteiger partial charge on any atom is 0.163 e. The van der Waals surface area contributed by atoms with Crippen molar-refractivity contribution in [3.63, 3.8) is 0 Å². The summed E-state index contributed by atoms with van der Waals surface area (Å²) in [4.78, 5) is 0. The first-order valence-electron chi connectivity index (χ1n) is 6.65. The van der Waals surface area contributed by atoms with Gasteiger partial charge in [0.05, 0.1) is 6.07 Å². The first-order chi connectivity index (χ1) is 10.1. The fraction of sp³-hybridized carbons (Fsp3) is 0.188. The second-order valence-corrected chi connectivity index (χ2v) is 5.19. The molecule has 5 heteroatoms. The Kier molecular flexibility index (Phi) is 3.16. The summed E-state index contributed by atoms with van der Waals surface area (Å²) in [7, 11) is 1.90. The normalized spacial score (nSPS) is 21.4. The summed E-state index contributed by atoms with van der Waals surface area (Å²) in [5, 5.41) is 17.4. The molecule has 0 aliphatic heterocycles. The number of rotatable bonds is 2. The van der Waals surface area contributed by atoms with E-state index in [-0.39, 0.29) is 0 Å². The van der Waals surface area contributed by atoms with E-state index >= 15 is 0 Å². The first kappa shape index (κ1) is 13.3. The van der Waals surface area contributed by atoms with Crippen LogP contribution in [0.4, 0.5) is 0 Å². The Morgan fingerprint density at radius 3 is 2.71 bits per heavy atom. The van der Waals surface area contributed by atoms with Gasteiger partial charge in [-0.1, -0.05) is 36.4 Å². The van der Waals surface area contributed by atoms with Gasteiger partial charge in [-0.25, -0.2) is 0 Å². The summed E-state index contributed by atoms with van der Waals surface area (Å²) in [6, 6.07) is 12.1. The van der Waals surface area contributed by atoms with Gasteiger partial charge in [0.15, 0.2) is 5.82 Å². The van der Waals surface area contributed by atoms with Crippen LogP contribution in [0.5, 0.6) is 0 Å². The number of allylic oxidation sites excluding steroid dienone is 2. The zero-order valence-corrected chi connectivity index (χ0v) is 11.7. The van der Waals surface area contributed by atoms with Crippen LogP contribution in [-0.4, -0.2) is 20.3 Å². The van der Waals surface area contributed by atoms with Crippen LogP contribution < -0.4 is 5.73 Å². The first-order valence-corrected chi connectivity index (χ1v) is 6.65. The third-order valence-electron chi connectivity index (χ3n) is 3.62. The Labute approximate surface area is 123 Å². The Hall–Kier alpha value is -2.71. The summed E-state index contributed by atoms with van der Waals surface area (Å²) >= 11 is 0. The lowest BCUT2D eigenvalue weighted by molar-refractivity contribution is 0.685. The fourth-order valence-electron chi connectivity index (χ4n) is 2.49. The minimum atomic E-state index is -0.979. The quantitative estimate of drug-likeness (QED) is 0.909. The molecule has 1 aliphatic rings. The molecule has 1 aromatic carbocycles. The molecule has 104 valence electrons. The molecule has 1 aliphatic carbocycles. The van der Waals surface area contributed by atoms with Gasteiger partial charge >= 0.3 is 0 Å². The van der Waals surface area contributed by atoms with Crippen molar-refractivity contribution in [2.45, 2.75) is 12.0 Å². The molecule has 3 rings (SSSR count). The molecule has 0 saturated carbocycles. The van der Waals surface area contributed by atoms with Crippen molar-refractivity contribution in [2.75, 3.05) is 0 Å². The third kappa shape index (κ3) is 2.37. The van der Waals surface area contributed by atoms with Crippen molar-refractivity contribution in [1.29, 1.82) is 5.26 Å². The lowest BCUT2D eigenvalue weighted by Gasteiger charge is -2.25. The summed E-state index contributed by atoms with van der Waals surface area (Å²) < 4.78 is 1.86. The van der Waals surface area contributed by atoms with E-state index < -0.39 is 5.54 Å². The molecule has 1 unspecified atom stereocenters. The van der Waals surface area contributed by atoms with Crippen LogP contribution in [0.1, 0.15) is 17.8 Å². The van der Waals surface area contributed by atoms with E-state index in [1.807, 2.05) is 48.0 Å². The van der Waals surface area contributed by atoms with Gasteiger partial charge in [0.1, 0.15) is 11.9 Å². The molecule has 5 nitrogen and oxygen atoms in total. The smallest absolute Gasteiger partial charge is 0.163 e. The predicted octanol–water partition coefficient (Wildman–Crippen LogP) is 1.91. The number of nitriles is 1. The molecule has 0 radical (unpaired) electrons. The largest absolute Gasteiger partial charge is 0.317 e. The predicted molar refractivity (Wildman–Crippen MR) is 80.5 cm³/mol. The molecule has 1 aromatic heterocycles. The molecule has 2 N–H and O–H groups in total. The maximum atomic E-state index is 9.30. The number of hydrogen-bond acceptors (Lipinski definition) is 4. The highest BCUT2D eigenvalue weighted by molar-refractivity contribution is 5.96. The Morgan fingerprint density at radius 2 is 2.10 bits per heavy atom. The Bertz CT molecular complexity index is 763. The van der Waals surface area contributed by atoms with E-state index in [1.165, 1.54) is 0 Å². The van der Waals surface area contributed by atoms with Gasteiger partial charge in [-0.15, -0.1) is 10.2 Å². The van der Waals surface area contributed by atoms with Gasteiger partial charge in [0.2, 0.25) is 0 Å². The molecule has 0 saturated heterocycles. The zero-order valence-electron chi connectivity index (χ0n) is 11.7. The van der Waals surface area contributed by atoms with E-state index in [0.717, 1.165) is 22.5 Å². The average Bonchev–Trinajstić information content (AvgIpc) is 2.94. The van der Waals surface area contributed by atoms with Crippen LogP contribution in [0.15, 0.2) is 48.8 Å². The molecule has 0 bridgehead atoms. The van der Waals surface area contributed by atoms with E-state index in [0.29, 0.717) is 6.42 Å². The number of hydrogen-bond donors (Lipinski definition) is 1. The maximum absolute atomic E-state index is 9.30. The lowest BCUT2D eigenvalue weighted by Crippen LogP contribution is -2.37. The fourth-order valence-corrected chi connectivity index (χ4v) is 2.49. The standard InChI is InChI=1S/C16H15N5/c1-21-11-19-20-15(21)13-7-8-16(18,10-17)9-14(13)12-5-3-2-4-6-12/h2-8,11H,9,18H2,1H3. The van der Waals surface area contributed by atoms with Gasteiger partial charge in [0.25, 0.3) is 0 Å². The van der Waals surface area contributed by atoms with Crippen LogP contribution in [-0.2, 0) is 7.05 Å². The minimum Gasteiger partial charge on any atom is -0.317 e. The van der Waals surface area contributed by atoms with Crippen molar-refractivity contribution in [2.24, 2.45) is 12.8 Å². The monoisotopic (exact) mass is 277 g/mol. The van der Waals surface area contributed by atoms with Crippen molar-refractivity contribution in [3.8, 4) is 6.07 Å². The molecule has 0 fully saturated rings. The second kappa shape index (κ2) is 5.00. The van der Waals surface area contributed by atoms with Crippen LogP contribution in [0, 0.1) is 11.3 Å². The SMILES string of the molecule is Cn1cnnc1C1=C(c2ccccc2)CC(N)(C#N)C=C1. The zero-order chi connectivity index (χ0) is 14.9. The summed E-state index contributed by atoms with van der Waals surface area (Å²) in [6.07, 6.45) is 5.72. The molecule has 2 aromatic rings. The number of aryl methyl sites for hydroxylation is 1. The van der Waals surface area contributed by atoms with Crippen LogP contribution >= 0.6 is 0 Å². The molecule has 0 spiro atoms. The van der Waals surface area contributed by atoms with Crippen molar-refractivity contribution in [1.82, 2.24) is 14.8 Å². The molecular formula is C16H15N5. The van der Waals surface area contributed by atoms with E-state index in [2.05, 4.69) is 16.3 Å². The van der Waals surface area contributed by atoms with Crippen molar-refractivity contribution >= 4 is 11.1 Å². The highest BCUT2D eigenvalue weighted by atomic mass is 15.2. The molecule has 1 atom stereocenters. The number of aromatic nitrogens is 3. The van der Waals surface area contributed by atoms with Gasteiger partial charge in [-0.05, 0) is 17.2 Å². The lowest BCUT2D eigenvalue weighted by atomic mass is 9.81. The van der Waals surface area contributed by atoms with Gasteiger partial charge in [0, 0.05) is 19.0 Å². The molecule has 21 heavy (non-hydrogen) atoms. The van der Waals surface area contributed by atoms with Gasteiger partial charge < -0.3 is 10.3 Å². The number of nitrogens with two attached hydrogens (primary N) is 1. The van der Waals surface area contributed by atoms with Crippen molar-refractivity contribution < 1.29 is 0 Å². The summed E-state index contributed by atoms with van der Waals surface area (Å²) in [6.45, 7) is 0. The van der Waals surface area contributed by atoms with E-state index in [9.17, 15) is 5.26 Å². The van der Waals surface area contributed by atoms with Gasteiger partial charge in [-0.3, -0.25) is 0 Å². The highest BCUT2D eigenvalue weighted by Crippen LogP contribution is 2.36. The molecule has 1 heterocycles. The van der Waals surface area contributed by atoms with E-state index in [1.54, 1.807) is 12.4 Å². The Balaban J connectivity index is 2.19. The number of benzene rings is 1. The minimum absolute atomic E-state index is 0.451. The average molecular weight is 277 g/mol. The highest BCUT2D eigenvalue weighted by Gasteiger charge is 2.30. The van der Waals surface area contributed by atoms with Crippen LogP contribution in [0.25, 0.3) is 11.1 Å². The number of nitrogens with zero attached hydrogens (tertiary/aromatic N) is 4. The molecular weight excluding hydrogens is 262 g/mol. The van der Waals surface area contributed by atoms with Crippen LogP contribution in [0.3, 0.4) is 0 Å². The second-order valence-electron chi connectivity index (χ2n) is 5.19. The summed E-state index contributed by atoms with van der Waals surface area (Å²) in [5.41, 5.74) is 8.15. The van der Waals surface area contributed by atoms with Gasteiger partial charge in [-0.2, -0.15) is 5.26 Å². The summed E-state index contributed by atoms with van der Waals surface area (Å²) in [5.74, 6) is 0.769.